The Kier molecular flexibility index (Phi) is 6.44. The van der Waals surface area contributed by atoms with Gasteiger partial charge in [-0.15, -0.1) is 12.4 Å². The molecule has 2 N–H and O–H groups in total. The van der Waals surface area contributed by atoms with E-state index in [1.54, 1.807) is 0 Å². The molecule has 1 heterocycles. The fourth-order valence-corrected chi connectivity index (χ4v) is 2.82. The molecule has 1 saturated carbocycles. The summed E-state index contributed by atoms with van der Waals surface area (Å²) in [4.78, 5) is 11.8. The normalized spacial score (nSPS) is 32.2. The highest BCUT2D eigenvalue weighted by Gasteiger charge is 2.32. The van der Waals surface area contributed by atoms with Gasteiger partial charge in [-0.05, 0) is 56.0 Å². The number of hydrogen-bond donors (Lipinski definition) is 2. The summed E-state index contributed by atoms with van der Waals surface area (Å²) < 4.78 is 0. The van der Waals surface area contributed by atoms with Crippen molar-refractivity contribution < 1.29 is 4.79 Å². The third-order valence-electron chi connectivity index (χ3n) is 4.48. The van der Waals surface area contributed by atoms with E-state index in [-0.39, 0.29) is 18.3 Å². The smallest absolute Gasteiger partial charge is 0.220 e. The van der Waals surface area contributed by atoms with E-state index in [2.05, 4.69) is 24.5 Å². The zero-order valence-corrected chi connectivity index (χ0v) is 12.4. The predicted molar refractivity (Wildman–Crippen MR) is 76.9 cm³/mol. The topological polar surface area (TPSA) is 41.1 Å². The number of piperidine rings is 1. The van der Waals surface area contributed by atoms with Crippen LogP contribution in [0, 0.1) is 23.7 Å². The fraction of sp³-hybridized carbons (Fsp3) is 0.929. The summed E-state index contributed by atoms with van der Waals surface area (Å²) in [7, 11) is 0. The SMILES string of the molecule is CC(CC(=O)NCC1CC1C)C1CCCNC1.Cl. The van der Waals surface area contributed by atoms with Gasteiger partial charge >= 0.3 is 0 Å². The van der Waals surface area contributed by atoms with Gasteiger partial charge in [-0.25, -0.2) is 0 Å². The highest BCUT2D eigenvalue weighted by atomic mass is 35.5. The van der Waals surface area contributed by atoms with Crippen molar-refractivity contribution in [2.24, 2.45) is 23.7 Å². The van der Waals surface area contributed by atoms with Crippen molar-refractivity contribution in [2.45, 2.75) is 39.5 Å². The van der Waals surface area contributed by atoms with Crippen LogP contribution in [0.2, 0.25) is 0 Å². The average molecular weight is 275 g/mol. The lowest BCUT2D eigenvalue weighted by Gasteiger charge is -2.28. The maximum Gasteiger partial charge on any atom is 0.220 e. The van der Waals surface area contributed by atoms with Gasteiger partial charge in [0.1, 0.15) is 0 Å². The number of hydrogen-bond acceptors (Lipinski definition) is 2. The standard InChI is InChI=1S/C14H26N2O.ClH/c1-10-6-13(10)9-16-14(17)7-11(2)12-4-3-5-15-8-12;/h10-13,15H,3-9H2,1-2H3,(H,16,17);1H. The molecule has 1 aliphatic carbocycles. The molecule has 0 radical (unpaired) electrons. The number of carbonyl (C=O) groups excluding carboxylic acids is 1. The van der Waals surface area contributed by atoms with Crippen LogP contribution < -0.4 is 10.6 Å². The van der Waals surface area contributed by atoms with E-state index >= 15 is 0 Å². The highest BCUT2D eigenvalue weighted by Crippen LogP contribution is 2.36. The molecule has 0 bridgehead atoms. The van der Waals surface area contributed by atoms with Crippen LogP contribution >= 0.6 is 12.4 Å². The minimum atomic E-state index is 0. The van der Waals surface area contributed by atoms with Crippen LogP contribution in [0.15, 0.2) is 0 Å². The molecule has 2 fully saturated rings. The van der Waals surface area contributed by atoms with E-state index in [4.69, 9.17) is 0 Å². The molecule has 1 saturated heterocycles. The Balaban J connectivity index is 0.00000162. The molecule has 3 nitrogen and oxygen atoms in total. The number of halogens is 1. The first-order valence-corrected chi connectivity index (χ1v) is 7.14. The van der Waals surface area contributed by atoms with Crippen molar-refractivity contribution in [1.82, 2.24) is 10.6 Å². The van der Waals surface area contributed by atoms with Crippen molar-refractivity contribution in [3.63, 3.8) is 0 Å². The molecule has 0 spiro atoms. The molecule has 1 aliphatic heterocycles. The minimum absolute atomic E-state index is 0. The van der Waals surface area contributed by atoms with Crippen molar-refractivity contribution in [1.29, 1.82) is 0 Å². The molecule has 2 aliphatic rings. The monoisotopic (exact) mass is 274 g/mol. The number of nitrogens with one attached hydrogen (secondary N) is 2. The second kappa shape index (κ2) is 7.34. The van der Waals surface area contributed by atoms with Gasteiger partial charge in [0.15, 0.2) is 0 Å². The average Bonchev–Trinajstić information content (AvgIpc) is 3.04. The first-order chi connectivity index (χ1) is 8.16. The third kappa shape index (κ3) is 4.77. The predicted octanol–water partition coefficient (Wildman–Crippen LogP) is 2.21. The van der Waals surface area contributed by atoms with Crippen molar-refractivity contribution in [3.8, 4) is 0 Å². The molecule has 4 unspecified atom stereocenters. The van der Waals surface area contributed by atoms with Crippen molar-refractivity contribution in [3.05, 3.63) is 0 Å². The Labute approximate surface area is 117 Å². The summed E-state index contributed by atoms with van der Waals surface area (Å²) in [6.45, 7) is 7.61. The molecule has 2 rings (SSSR count). The molecule has 4 atom stereocenters. The molecule has 0 aromatic heterocycles. The summed E-state index contributed by atoms with van der Waals surface area (Å²) in [5.41, 5.74) is 0. The molecule has 0 aromatic carbocycles. The zero-order chi connectivity index (χ0) is 12.3. The Hall–Kier alpha value is -0.280. The Morgan fingerprint density at radius 2 is 2.22 bits per heavy atom. The lowest BCUT2D eigenvalue weighted by atomic mass is 9.85. The van der Waals surface area contributed by atoms with E-state index in [0.29, 0.717) is 18.3 Å². The van der Waals surface area contributed by atoms with Crippen molar-refractivity contribution in [2.75, 3.05) is 19.6 Å². The van der Waals surface area contributed by atoms with Crippen molar-refractivity contribution >= 4 is 18.3 Å². The minimum Gasteiger partial charge on any atom is -0.356 e. The van der Waals surface area contributed by atoms with E-state index in [1.165, 1.54) is 19.3 Å². The van der Waals surface area contributed by atoms with Gasteiger partial charge in [0.25, 0.3) is 0 Å². The van der Waals surface area contributed by atoms with Crippen LogP contribution in [0.5, 0.6) is 0 Å². The van der Waals surface area contributed by atoms with Crippen LogP contribution in [0.3, 0.4) is 0 Å². The zero-order valence-electron chi connectivity index (χ0n) is 11.6. The summed E-state index contributed by atoms with van der Waals surface area (Å²) in [6, 6.07) is 0. The van der Waals surface area contributed by atoms with E-state index in [0.717, 1.165) is 31.5 Å². The van der Waals surface area contributed by atoms with Gasteiger partial charge in [-0.1, -0.05) is 13.8 Å². The number of rotatable bonds is 5. The Morgan fingerprint density at radius 1 is 1.50 bits per heavy atom. The molecular weight excluding hydrogens is 248 g/mol. The number of amides is 1. The second-order valence-corrected chi connectivity index (χ2v) is 6.06. The first-order valence-electron chi connectivity index (χ1n) is 7.14. The van der Waals surface area contributed by atoms with Crippen LogP contribution in [0.25, 0.3) is 0 Å². The lowest BCUT2D eigenvalue weighted by Crippen LogP contribution is -2.36. The largest absolute Gasteiger partial charge is 0.356 e. The maximum absolute atomic E-state index is 11.8. The Bertz CT molecular complexity index is 267. The van der Waals surface area contributed by atoms with Gasteiger partial charge in [0.05, 0.1) is 0 Å². The molecule has 106 valence electrons. The number of carbonyl (C=O) groups is 1. The highest BCUT2D eigenvalue weighted by molar-refractivity contribution is 5.85. The van der Waals surface area contributed by atoms with E-state index < -0.39 is 0 Å². The van der Waals surface area contributed by atoms with Gasteiger partial charge in [-0.3, -0.25) is 4.79 Å². The van der Waals surface area contributed by atoms with Gasteiger partial charge in [0.2, 0.25) is 5.91 Å². The quantitative estimate of drug-likeness (QED) is 0.807. The maximum atomic E-state index is 11.8. The van der Waals surface area contributed by atoms with Gasteiger partial charge in [-0.2, -0.15) is 0 Å². The summed E-state index contributed by atoms with van der Waals surface area (Å²) >= 11 is 0. The van der Waals surface area contributed by atoms with Crippen LogP contribution in [-0.4, -0.2) is 25.5 Å². The summed E-state index contributed by atoms with van der Waals surface area (Å²) in [5.74, 6) is 3.04. The van der Waals surface area contributed by atoms with Crippen LogP contribution in [0.1, 0.15) is 39.5 Å². The third-order valence-corrected chi connectivity index (χ3v) is 4.48. The lowest BCUT2D eigenvalue weighted by molar-refractivity contribution is -0.122. The fourth-order valence-electron chi connectivity index (χ4n) is 2.82. The molecule has 0 aromatic rings. The molecule has 4 heteroatoms. The van der Waals surface area contributed by atoms with Gasteiger partial charge in [0, 0.05) is 13.0 Å². The Morgan fingerprint density at radius 3 is 2.78 bits per heavy atom. The summed E-state index contributed by atoms with van der Waals surface area (Å²) in [6.07, 6.45) is 4.53. The van der Waals surface area contributed by atoms with Crippen LogP contribution in [-0.2, 0) is 4.79 Å². The molecule has 1 amide bonds. The second-order valence-electron chi connectivity index (χ2n) is 6.06. The molecular formula is C14H27ClN2O. The van der Waals surface area contributed by atoms with Gasteiger partial charge < -0.3 is 10.6 Å². The van der Waals surface area contributed by atoms with Crippen LogP contribution in [0.4, 0.5) is 0 Å². The summed E-state index contributed by atoms with van der Waals surface area (Å²) in [5, 5.41) is 6.51. The van der Waals surface area contributed by atoms with E-state index in [9.17, 15) is 4.79 Å². The first kappa shape index (κ1) is 15.8. The molecule has 18 heavy (non-hydrogen) atoms. The van der Waals surface area contributed by atoms with E-state index in [1.807, 2.05) is 0 Å².